The number of fused-ring (bicyclic) bond motifs is 2. The lowest BCUT2D eigenvalue weighted by Gasteiger charge is -2.51. The lowest BCUT2D eigenvalue weighted by Crippen LogP contribution is -2.42. The average Bonchev–Trinajstić information content (AvgIpc) is 2.50. The SMILES string of the molecule is Cc1cc2c(cc1O)C(C)(C)CC1(CC(C)(C)c3cc(O)c(C)cc3S1)S2. The molecule has 2 N–H and O–H groups in total. The summed E-state index contributed by atoms with van der Waals surface area (Å²) in [6.07, 6.45) is 2.10. The normalized spacial score (nSPS) is 21.6. The first kappa shape index (κ1) is 19.1. The molecule has 0 fully saturated rings. The van der Waals surface area contributed by atoms with Crippen molar-refractivity contribution in [3.05, 3.63) is 46.5 Å². The van der Waals surface area contributed by atoms with Crippen molar-refractivity contribution < 1.29 is 10.2 Å². The van der Waals surface area contributed by atoms with Crippen LogP contribution in [0, 0.1) is 13.8 Å². The zero-order chi connectivity index (χ0) is 19.8. The van der Waals surface area contributed by atoms with Crippen molar-refractivity contribution in [3.63, 3.8) is 0 Å². The van der Waals surface area contributed by atoms with Crippen LogP contribution in [0.3, 0.4) is 0 Å². The maximum absolute atomic E-state index is 10.2. The Hall–Kier alpha value is -1.26. The second-order valence-corrected chi connectivity index (χ2v) is 12.6. The molecule has 2 aliphatic rings. The van der Waals surface area contributed by atoms with Gasteiger partial charge in [0.15, 0.2) is 0 Å². The molecule has 0 amide bonds. The van der Waals surface area contributed by atoms with E-state index in [1.165, 1.54) is 20.9 Å². The van der Waals surface area contributed by atoms with Crippen LogP contribution in [0.2, 0.25) is 0 Å². The fourth-order valence-corrected chi connectivity index (χ4v) is 9.33. The summed E-state index contributed by atoms with van der Waals surface area (Å²) >= 11 is 3.94. The van der Waals surface area contributed by atoms with Crippen LogP contribution in [0.15, 0.2) is 34.1 Å². The van der Waals surface area contributed by atoms with E-state index in [-0.39, 0.29) is 14.9 Å². The second kappa shape index (κ2) is 5.87. The van der Waals surface area contributed by atoms with E-state index in [9.17, 15) is 10.2 Å². The standard InChI is InChI=1S/C23H28O2S2/c1-13-7-19-15(9-17(13)24)21(3,4)11-23(26-19)12-22(5,6)16-10-18(25)14(2)8-20(16)27-23/h7-10,24-25H,11-12H2,1-6H3. The molecule has 0 aliphatic carbocycles. The highest BCUT2D eigenvalue weighted by Crippen LogP contribution is 2.65. The third-order valence-electron chi connectivity index (χ3n) is 6.07. The summed E-state index contributed by atoms with van der Waals surface area (Å²) in [6, 6.07) is 8.25. The Morgan fingerprint density at radius 3 is 1.44 bits per heavy atom. The fourth-order valence-electron chi connectivity index (χ4n) is 4.73. The minimum atomic E-state index is -0.00168. The molecule has 1 spiro atoms. The predicted molar refractivity (Wildman–Crippen MR) is 115 cm³/mol. The third-order valence-corrected chi connectivity index (χ3v) is 9.01. The first-order valence-electron chi connectivity index (χ1n) is 9.49. The van der Waals surface area contributed by atoms with Gasteiger partial charge in [0.1, 0.15) is 11.5 Å². The molecule has 27 heavy (non-hydrogen) atoms. The van der Waals surface area contributed by atoms with E-state index >= 15 is 0 Å². The molecule has 0 saturated carbocycles. The molecule has 4 rings (SSSR count). The van der Waals surface area contributed by atoms with E-state index in [2.05, 4.69) is 39.8 Å². The summed E-state index contributed by atoms with van der Waals surface area (Å²) in [4.78, 5) is 2.59. The molecule has 0 radical (unpaired) electrons. The highest BCUT2D eigenvalue weighted by molar-refractivity contribution is 8.18. The van der Waals surface area contributed by atoms with Crippen LogP contribution in [0.4, 0.5) is 0 Å². The van der Waals surface area contributed by atoms with E-state index < -0.39 is 0 Å². The van der Waals surface area contributed by atoms with Crippen molar-refractivity contribution >= 4 is 23.5 Å². The molecule has 0 saturated heterocycles. The fraction of sp³-hybridized carbons (Fsp3) is 0.478. The Morgan fingerprint density at radius 2 is 1.07 bits per heavy atom. The van der Waals surface area contributed by atoms with E-state index in [4.69, 9.17) is 0 Å². The molecule has 4 heteroatoms. The molecule has 0 bridgehead atoms. The summed E-state index contributed by atoms with van der Waals surface area (Å²) in [5, 5.41) is 20.5. The van der Waals surface area contributed by atoms with Gasteiger partial charge in [-0.1, -0.05) is 27.7 Å². The van der Waals surface area contributed by atoms with Gasteiger partial charge in [0.05, 0.1) is 4.08 Å². The number of rotatable bonds is 0. The minimum absolute atomic E-state index is 0.00168. The zero-order valence-corrected chi connectivity index (χ0v) is 18.6. The van der Waals surface area contributed by atoms with Gasteiger partial charge in [0.2, 0.25) is 0 Å². The van der Waals surface area contributed by atoms with Crippen molar-refractivity contribution in [1.82, 2.24) is 0 Å². The third kappa shape index (κ3) is 3.05. The summed E-state index contributed by atoms with van der Waals surface area (Å²) in [6.45, 7) is 13.1. The van der Waals surface area contributed by atoms with E-state index in [0.29, 0.717) is 11.5 Å². The molecule has 0 unspecified atom stereocenters. The van der Waals surface area contributed by atoms with Crippen LogP contribution in [-0.4, -0.2) is 14.3 Å². The number of aryl methyl sites for hydroxylation is 2. The van der Waals surface area contributed by atoms with Gasteiger partial charge in [-0.05, 0) is 84.0 Å². The van der Waals surface area contributed by atoms with Gasteiger partial charge in [0.25, 0.3) is 0 Å². The quantitative estimate of drug-likeness (QED) is 0.519. The number of hydrogen-bond acceptors (Lipinski definition) is 4. The average molecular weight is 401 g/mol. The van der Waals surface area contributed by atoms with Gasteiger partial charge in [-0.15, -0.1) is 23.5 Å². The Balaban J connectivity index is 1.85. The lowest BCUT2D eigenvalue weighted by molar-refractivity contribution is 0.359. The molecular weight excluding hydrogens is 372 g/mol. The summed E-state index contributed by atoms with van der Waals surface area (Å²) in [5.74, 6) is 0.790. The van der Waals surface area contributed by atoms with Crippen LogP contribution in [0.5, 0.6) is 11.5 Å². The lowest BCUT2D eigenvalue weighted by atomic mass is 9.73. The summed E-state index contributed by atoms with van der Waals surface area (Å²) < 4.78 is 0.0554. The highest BCUT2D eigenvalue weighted by Gasteiger charge is 2.51. The molecule has 0 atom stereocenters. The van der Waals surface area contributed by atoms with Gasteiger partial charge in [-0.25, -0.2) is 0 Å². The monoisotopic (exact) mass is 400 g/mol. The largest absolute Gasteiger partial charge is 0.508 e. The molecule has 144 valence electrons. The van der Waals surface area contributed by atoms with E-state index in [0.717, 1.165) is 24.0 Å². The van der Waals surface area contributed by atoms with E-state index in [1.807, 2.05) is 49.5 Å². The maximum atomic E-state index is 10.2. The van der Waals surface area contributed by atoms with Crippen molar-refractivity contribution in [2.24, 2.45) is 0 Å². The number of phenols is 2. The number of phenolic OH excluding ortho intramolecular Hbond substituents is 2. The molecular formula is C23H28O2S2. The number of aromatic hydroxyl groups is 2. The number of thioether (sulfide) groups is 2. The Kier molecular flexibility index (Phi) is 4.15. The van der Waals surface area contributed by atoms with Gasteiger partial charge in [-0.2, -0.15) is 0 Å². The smallest absolute Gasteiger partial charge is 0.118 e. The van der Waals surface area contributed by atoms with Crippen LogP contribution in [0.25, 0.3) is 0 Å². The van der Waals surface area contributed by atoms with Crippen LogP contribution in [-0.2, 0) is 10.8 Å². The molecule has 2 aromatic carbocycles. The van der Waals surface area contributed by atoms with Crippen LogP contribution in [0.1, 0.15) is 62.8 Å². The first-order valence-corrected chi connectivity index (χ1v) is 11.1. The van der Waals surface area contributed by atoms with Gasteiger partial charge < -0.3 is 10.2 Å². The first-order chi connectivity index (χ1) is 12.4. The van der Waals surface area contributed by atoms with E-state index in [1.54, 1.807) is 0 Å². The topological polar surface area (TPSA) is 40.5 Å². The Labute approximate surface area is 170 Å². The Morgan fingerprint density at radius 1 is 0.704 bits per heavy atom. The van der Waals surface area contributed by atoms with Crippen LogP contribution < -0.4 is 0 Å². The van der Waals surface area contributed by atoms with Crippen molar-refractivity contribution in [2.75, 3.05) is 0 Å². The summed E-state index contributed by atoms with van der Waals surface area (Å²) in [5.41, 5.74) is 4.39. The van der Waals surface area contributed by atoms with Crippen molar-refractivity contribution in [2.45, 2.75) is 79.1 Å². The Bertz CT molecular complexity index is 866. The molecule has 2 aromatic rings. The molecule has 2 heterocycles. The minimum Gasteiger partial charge on any atom is -0.508 e. The summed E-state index contributed by atoms with van der Waals surface area (Å²) in [7, 11) is 0. The van der Waals surface area contributed by atoms with Gasteiger partial charge in [-0.3, -0.25) is 0 Å². The second-order valence-electron chi connectivity index (χ2n) is 9.51. The maximum Gasteiger partial charge on any atom is 0.118 e. The van der Waals surface area contributed by atoms with Crippen molar-refractivity contribution in [3.8, 4) is 11.5 Å². The van der Waals surface area contributed by atoms with Gasteiger partial charge >= 0.3 is 0 Å². The molecule has 2 nitrogen and oxygen atoms in total. The van der Waals surface area contributed by atoms with Crippen LogP contribution >= 0.6 is 23.5 Å². The molecule has 2 aliphatic heterocycles. The highest BCUT2D eigenvalue weighted by atomic mass is 32.2. The number of hydrogen-bond donors (Lipinski definition) is 2. The number of benzene rings is 2. The van der Waals surface area contributed by atoms with Gasteiger partial charge in [0, 0.05) is 9.79 Å². The molecule has 0 aromatic heterocycles. The zero-order valence-electron chi connectivity index (χ0n) is 16.9. The van der Waals surface area contributed by atoms with Crippen molar-refractivity contribution in [1.29, 1.82) is 0 Å². The predicted octanol–water partition coefficient (Wildman–Crippen LogP) is 6.66.